The van der Waals surface area contributed by atoms with Crippen LogP contribution in [0.5, 0.6) is 0 Å². The van der Waals surface area contributed by atoms with Crippen molar-refractivity contribution in [1.82, 2.24) is 9.71 Å². The Labute approximate surface area is 74.9 Å². The molecular formula is C8H6N3S. The molecule has 1 aromatic rings. The first kappa shape index (κ1) is 7.44. The molecule has 1 aliphatic heterocycles. The van der Waals surface area contributed by atoms with Crippen LogP contribution in [-0.2, 0) is 5.75 Å². The van der Waals surface area contributed by atoms with Gasteiger partial charge >= 0.3 is 0 Å². The Morgan fingerprint density at radius 3 is 3.25 bits per heavy atom. The van der Waals surface area contributed by atoms with E-state index >= 15 is 0 Å². The van der Waals surface area contributed by atoms with E-state index in [-0.39, 0.29) is 0 Å². The van der Waals surface area contributed by atoms with Crippen LogP contribution >= 0.6 is 11.9 Å². The summed E-state index contributed by atoms with van der Waals surface area (Å²) in [6.45, 7) is 1.90. The minimum atomic E-state index is 0.486. The van der Waals surface area contributed by atoms with Crippen molar-refractivity contribution in [2.24, 2.45) is 0 Å². The molecule has 0 unspecified atom stereocenters. The van der Waals surface area contributed by atoms with Crippen molar-refractivity contribution in [3.8, 4) is 6.07 Å². The van der Waals surface area contributed by atoms with Crippen molar-refractivity contribution < 1.29 is 0 Å². The van der Waals surface area contributed by atoms with Crippen LogP contribution < -0.4 is 4.72 Å². The maximum atomic E-state index is 8.69. The maximum absolute atomic E-state index is 8.69. The fraction of sp³-hybridized carbons (Fsp3) is 0.250. The van der Waals surface area contributed by atoms with Gasteiger partial charge in [-0.2, -0.15) is 9.98 Å². The van der Waals surface area contributed by atoms with Crippen molar-refractivity contribution in [2.75, 3.05) is 0 Å². The van der Waals surface area contributed by atoms with Gasteiger partial charge in [-0.25, -0.2) is 4.98 Å². The summed E-state index contributed by atoms with van der Waals surface area (Å²) in [6, 6.07) is 4.04. The number of hydrogen-bond acceptors (Lipinski definition) is 3. The number of aromatic nitrogens is 1. The fourth-order valence-electron chi connectivity index (χ4n) is 1.12. The highest BCUT2D eigenvalue weighted by atomic mass is 32.2. The van der Waals surface area contributed by atoms with Crippen LogP contribution in [0.2, 0.25) is 0 Å². The number of nitriles is 1. The average molecular weight is 176 g/mol. The second kappa shape index (κ2) is 2.68. The van der Waals surface area contributed by atoms with Gasteiger partial charge in [0.25, 0.3) is 0 Å². The standard InChI is InChI=1S/C8H6N3S/c1-5-2-6-4-12-11-8(6)10-7(5)3-9/h2H,4H2,1H3. The molecule has 2 heterocycles. The zero-order chi connectivity index (χ0) is 8.55. The predicted molar refractivity (Wildman–Crippen MR) is 46.8 cm³/mol. The number of nitrogens with zero attached hydrogens (tertiary/aromatic N) is 3. The predicted octanol–water partition coefficient (Wildman–Crippen LogP) is 1.66. The minimum absolute atomic E-state index is 0.486. The van der Waals surface area contributed by atoms with E-state index < -0.39 is 0 Å². The normalized spacial score (nSPS) is 13.3. The number of rotatable bonds is 0. The first-order valence-corrected chi connectivity index (χ1v) is 4.49. The molecule has 0 amide bonds. The van der Waals surface area contributed by atoms with Gasteiger partial charge in [-0.05, 0) is 30.5 Å². The second-order valence-corrected chi connectivity index (χ2v) is 3.34. The van der Waals surface area contributed by atoms with Gasteiger partial charge in [-0.15, -0.1) is 0 Å². The Morgan fingerprint density at radius 2 is 2.50 bits per heavy atom. The molecule has 1 radical (unpaired) electrons. The lowest BCUT2D eigenvalue weighted by Crippen LogP contribution is -1.92. The van der Waals surface area contributed by atoms with E-state index in [1.807, 2.05) is 19.1 Å². The summed E-state index contributed by atoms with van der Waals surface area (Å²) in [5.41, 5.74) is 2.56. The molecule has 4 heteroatoms. The monoisotopic (exact) mass is 176 g/mol. The highest BCUT2D eigenvalue weighted by Crippen LogP contribution is 2.30. The molecule has 0 atom stereocenters. The van der Waals surface area contributed by atoms with Gasteiger partial charge in [0.2, 0.25) is 0 Å². The summed E-state index contributed by atoms with van der Waals surface area (Å²) in [5.74, 6) is 1.61. The van der Waals surface area contributed by atoms with E-state index in [1.54, 1.807) is 0 Å². The van der Waals surface area contributed by atoms with Crippen LogP contribution in [0.25, 0.3) is 0 Å². The summed E-state index contributed by atoms with van der Waals surface area (Å²) in [6.07, 6.45) is 0. The molecular weight excluding hydrogens is 170 g/mol. The highest BCUT2D eigenvalue weighted by Gasteiger charge is 2.16. The van der Waals surface area contributed by atoms with E-state index in [4.69, 9.17) is 5.26 Å². The van der Waals surface area contributed by atoms with Gasteiger partial charge < -0.3 is 0 Å². The lowest BCUT2D eigenvalue weighted by Gasteiger charge is -1.98. The Bertz CT molecular complexity index is 367. The van der Waals surface area contributed by atoms with Gasteiger partial charge in [0.1, 0.15) is 11.8 Å². The third-order valence-corrected chi connectivity index (χ3v) is 2.49. The Kier molecular flexibility index (Phi) is 1.66. The molecule has 2 rings (SSSR count). The molecule has 0 fully saturated rings. The topological polar surface area (TPSA) is 50.8 Å². The number of fused-ring (bicyclic) bond motifs is 1. The summed E-state index contributed by atoms with van der Waals surface area (Å²) >= 11 is 1.48. The van der Waals surface area contributed by atoms with Crippen LogP contribution in [-0.4, -0.2) is 4.98 Å². The lowest BCUT2D eigenvalue weighted by molar-refractivity contribution is 1.14. The number of aryl methyl sites for hydroxylation is 1. The van der Waals surface area contributed by atoms with Crippen LogP contribution in [0.1, 0.15) is 16.8 Å². The van der Waals surface area contributed by atoms with E-state index in [0.29, 0.717) is 5.69 Å². The Morgan fingerprint density at radius 1 is 1.67 bits per heavy atom. The third-order valence-electron chi connectivity index (χ3n) is 1.75. The average Bonchev–Trinajstić information content (AvgIpc) is 2.49. The van der Waals surface area contributed by atoms with Crippen LogP contribution in [0.15, 0.2) is 6.07 Å². The summed E-state index contributed by atoms with van der Waals surface area (Å²) in [4.78, 5) is 4.12. The quantitative estimate of drug-likeness (QED) is 0.565. The van der Waals surface area contributed by atoms with Gasteiger partial charge in [0.05, 0.1) is 0 Å². The smallest absolute Gasteiger partial charge is 0.165 e. The molecule has 1 aliphatic rings. The van der Waals surface area contributed by atoms with E-state index in [9.17, 15) is 0 Å². The van der Waals surface area contributed by atoms with Crippen LogP contribution in [0.3, 0.4) is 0 Å². The summed E-state index contributed by atoms with van der Waals surface area (Å²) < 4.78 is 4.10. The number of pyridine rings is 1. The van der Waals surface area contributed by atoms with Crippen LogP contribution in [0, 0.1) is 18.3 Å². The molecule has 0 bridgehead atoms. The molecule has 12 heavy (non-hydrogen) atoms. The van der Waals surface area contributed by atoms with E-state index in [2.05, 4.69) is 9.71 Å². The molecule has 0 saturated heterocycles. The second-order valence-electron chi connectivity index (χ2n) is 2.61. The molecule has 0 N–H and O–H groups in total. The Balaban J connectivity index is 2.59. The van der Waals surface area contributed by atoms with Crippen LogP contribution in [0.4, 0.5) is 5.82 Å². The summed E-state index contributed by atoms with van der Waals surface area (Å²) in [7, 11) is 0. The van der Waals surface area contributed by atoms with E-state index in [0.717, 1.165) is 22.7 Å². The first-order valence-electron chi connectivity index (χ1n) is 3.55. The largest absolute Gasteiger partial charge is 0.217 e. The Hall–Kier alpha value is -1.21. The minimum Gasteiger partial charge on any atom is -0.217 e. The van der Waals surface area contributed by atoms with Crippen molar-refractivity contribution >= 4 is 17.8 Å². The zero-order valence-corrected chi connectivity index (χ0v) is 7.35. The molecule has 0 aromatic carbocycles. The lowest BCUT2D eigenvalue weighted by atomic mass is 10.1. The van der Waals surface area contributed by atoms with E-state index in [1.165, 1.54) is 11.9 Å². The van der Waals surface area contributed by atoms with Crippen molar-refractivity contribution in [3.05, 3.63) is 22.9 Å². The SMILES string of the molecule is Cc1cc2c(nc1C#N)[N]SC2. The van der Waals surface area contributed by atoms with Crippen molar-refractivity contribution in [2.45, 2.75) is 12.7 Å². The van der Waals surface area contributed by atoms with Gasteiger partial charge in [-0.3, -0.25) is 0 Å². The molecule has 1 aromatic heterocycles. The molecule has 0 aliphatic carbocycles. The highest BCUT2D eigenvalue weighted by molar-refractivity contribution is 7.97. The summed E-state index contributed by atoms with van der Waals surface area (Å²) in [5, 5.41) is 8.69. The molecule has 3 nitrogen and oxygen atoms in total. The molecule has 0 spiro atoms. The van der Waals surface area contributed by atoms with Gasteiger partial charge in [-0.1, -0.05) is 0 Å². The van der Waals surface area contributed by atoms with Gasteiger partial charge in [0, 0.05) is 11.3 Å². The zero-order valence-electron chi connectivity index (χ0n) is 6.53. The maximum Gasteiger partial charge on any atom is 0.165 e. The first-order chi connectivity index (χ1) is 5.81. The van der Waals surface area contributed by atoms with Crippen molar-refractivity contribution in [3.63, 3.8) is 0 Å². The van der Waals surface area contributed by atoms with Gasteiger partial charge in [0.15, 0.2) is 5.82 Å². The number of hydrogen-bond donors (Lipinski definition) is 0. The molecule has 59 valence electrons. The fourth-order valence-corrected chi connectivity index (χ4v) is 1.82. The van der Waals surface area contributed by atoms with Crippen molar-refractivity contribution in [1.29, 1.82) is 5.26 Å². The third kappa shape index (κ3) is 1.03. The molecule has 0 saturated carbocycles.